The molecule has 0 radical (unpaired) electrons. The van der Waals surface area contributed by atoms with Gasteiger partial charge in [-0.25, -0.2) is 4.98 Å². The summed E-state index contributed by atoms with van der Waals surface area (Å²) in [6.07, 6.45) is 0.914. The highest BCUT2D eigenvalue weighted by Crippen LogP contribution is 2.33. The minimum atomic E-state index is -0.471. The number of hydrogen-bond donors (Lipinski definition) is 2. The number of hydrogen-bond acceptors (Lipinski definition) is 5. The highest BCUT2D eigenvalue weighted by molar-refractivity contribution is 7.18. The van der Waals surface area contributed by atoms with Gasteiger partial charge < -0.3 is 15.4 Å². The highest BCUT2D eigenvalue weighted by atomic mass is 32.1. The molecule has 0 bridgehead atoms. The second-order valence-electron chi connectivity index (χ2n) is 4.90. The second kappa shape index (κ2) is 5.33. The first kappa shape index (κ1) is 13.8. The van der Waals surface area contributed by atoms with Gasteiger partial charge in [0, 0.05) is 12.5 Å². The van der Waals surface area contributed by atoms with E-state index in [-0.39, 0.29) is 11.8 Å². The number of benzene rings is 1. The molecule has 1 aromatic heterocycles. The van der Waals surface area contributed by atoms with Gasteiger partial charge in [0.25, 0.3) is 0 Å². The smallest absolute Gasteiger partial charge is 0.247 e. The van der Waals surface area contributed by atoms with Crippen molar-refractivity contribution >= 4 is 39.1 Å². The number of rotatable bonds is 3. The number of methoxy groups -OCH3 is 1. The average molecular weight is 305 g/mol. The summed E-state index contributed by atoms with van der Waals surface area (Å²) in [5, 5.41) is 6.43. The Morgan fingerprint density at radius 2 is 2.33 bits per heavy atom. The van der Waals surface area contributed by atoms with Crippen LogP contribution in [0.3, 0.4) is 0 Å². The van der Waals surface area contributed by atoms with Crippen LogP contribution in [0.25, 0.3) is 10.2 Å². The molecule has 1 saturated heterocycles. The summed E-state index contributed by atoms with van der Waals surface area (Å²) in [5.41, 5.74) is 1.45. The number of aryl methyl sites for hydroxylation is 1. The summed E-state index contributed by atoms with van der Waals surface area (Å²) in [5.74, 6) is 0.251. The number of carbonyl (C=O) groups is 2. The molecule has 0 aliphatic carbocycles. The van der Waals surface area contributed by atoms with E-state index in [9.17, 15) is 9.59 Å². The number of amides is 2. The lowest BCUT2D eigenvalue weighted by molar-refractivity contribution is -0.122. The van der Waals surface area contributed by atoms with E-state index in [4.69, 9.17) is 4.74 Å². The molecule has 1 aliphatic rings. The van der Waals surface area contributed by atoms with E-state index in [0.717, 1.165) is 15.2 Å². The number of nitrogens with zero attached hydrogens (tertiary/aromatic N) is 1. The van der Waals surface area contributed by atoms with Crippen molar-refractivity contribution < 1.29 is 14.3 Å². The van der Waals surface area contributed by atoms with E-state index in [1.54, 1.807) is 18.4 Å². The fourth-order valence-electron chi connectivity index (χ4n) is 2.37. The molecule has 2 N–H and O–H groups in total. The Morgan fingerprint density at radius 3 is 3.00 bits per heavy atom. The van der Waals surface area contributed by atoms with Gasteiger partial charge in [-0.15, -0.1) is 11.3 Å². The maximum atomic E-state index is 12.2. The molecule has 2 aromatic rings. The zero-order valence-electron chi connectivity index (χ0n) is 11.7. The monoisotopic (exact) mass is 305 g/mol. The Morgan fingerprint density at radius 1 is 1.52 bits per heavy atom. The summed E-state index contributed by atoms with van der Waals surface area (Å²) in [7, 11) is 1.55. The van der Waals surface area contributed by atoms with Crippen LogP contribution in [0, 0.1) is 6.92 Å². The second-order valence-corrected chi connectivity index (χ2v) is 6.14. The summed E-state index contributed by atoms with van der Waals surface area (Å²) in [6, 6.07) is 3.19. The van der Waals surface area contributed by atoms with E-state index < -0.39 is 6.04 Å². The minimum Gasteiger partial charge on any atom is -0.494 e. The van der Waals surface area contributed by atoms with Crippen LogP contribution in [0.4, 0.5) is 5.69 Å². The van der Waals surface area contributed by atoms with Crippen molar-refractivity contribution in [1.82, 2.24) is 10.3 Å². The van der Waals surface area contributed by atoms with Crippen molar-refractivity contribution in [2.24, 2.45) is 0 Å². The van der Waals surface area contributed by atoms with Gasteiger partial charge in [-0.05, 0) is 19.4 Å². The lowest BCUT2D eigenvalue weighted by atomic mass is 10.2. The van der Waals surface area contributed by atoms with Crippen molar-refractivity contribution in [3.63, 3.8) is 0 Å². The van der Waals surface area contributed by atoms with E-state index in [0.29, 0.717) is 24.3 Å². The Balaban J connectivity index is 1.88. The van der Waals surface area contributed by atoms with Gasteiger partial charge in [-0.2, -0.15) is 0 Å². The predicted molar refractivity (Wildman–Crippen MR) is 80.7 cm³/mol. The number of carbonyl (C=O) groups excluding carboxylic acids is 2. The van der Waals surface area contributed by atoms with Gasteiger partial charge in [-0.1, -0.05) is 0 Å². The molecule has 7 heteroatoms. The van der Waals surface area contributed by atoms with Crippen LogP contribution in [0.5, 0.6) is 5.75 Å². The molecule has 3 rings (SSSR count). The highest BCUT2D eigenvalue weighted by Gasteiger charge is 2.27. The molecule has 21 heavy (non-hydrogen) atoms. The van der Waals surface area contributed by atoms with Crippen molar-refractivity contribution in [2.45, 2.75) is 25.8 Å². The zero-order valence-corrected chi connectivity index (χ0v) is 12.5. The summed E-state index contributed by atoms with van der Waals surface area (Å²) in [4.78, 5) is 27.8. The molecule has 0 unspecified atom stereocenters. The van der Waals surface area contributed by atoms with Crippen LogP contribution >= 0.6 is 11.3 Å². The predicted octanol–water partition coefficient (Wildman–Crippen LogP) is 1.83. The van der Waals surface area contributed by atoms with Crippen LogP contribution in [0.1, 0.15) is 17.8 Å². The first-order valence-corrected chi connectivity index (χ1v) is 7.44. The molecule has 1 aliphatic heterocycles. The lowest BCUT2D eigenvalue weighted by Crippen LogP contribution is -2.37. The third kappa shape index (κ3) is 2.69. The SMILES string of the molecule is COc1cc2nc(C)sc2cc1NC(=O)[C@H]1CCC(=O)N1. The number of thiazole rings is 1. The number of fused-ring (bicyclic) bond motifs is 1. The van der Waals surface area contributed by atoms with Crippen LogP contribution in [0.15, 0.2) is 12.1 Å². The Kier molecular flexibility index (Phi) is 3.50. The van der Waals surface area contributed by atoms with Crippen LogP contribution in [-0.4, -0.2) is 29.9 Å². The summed E-state index contributed by atoms with van der Waals surface area (Å²) >= 11 is 1.56. The van der Waals surface area contributed by atoms with E-state index in [1.165, 1.54) is 0 Å². The molecule has 6 nitrogen and oxygen atoms in total. The molecule has 0 spiro atoms. The molecule has 2 amide bonds. The van der Waals surface area contributed by atoms with Crippen molar-refractivity contribution in [3.8, 4) is 5.75 Å². The molecule has 2 heterocycles. The van der Waals surface area contributed by atoms with E-state index >= 15 is 0 Å². The standard InChI is InChI=1S/C14H15N3O3S/c1-7-15-10-5-11(20-2)9(6-12(10)21-7)17-14(19)8-3-4-13(18)16-8/h5-6,8H,3-4H2,1-2H3,(H,16,18)(H,17,19)/t8-/m1/s1. The third-order valence-electron chi connectivity index (χ3n) is 3.39. The van der Waals surface area contributed by atoms with Crippen molar-refractivity contribution in [3.05, 3.63) is 17.1 Å². The van der Waals surface area contributed by atoms with E-state index in [2.05, 4.69) is 15.6 Å². The van der Waals surface area contributed by atoms with E-state index in [1.807, 2.05) is 19.1 Å². The molecule has 110 valence electrons. The maximum absolute atomic E-state index is 12.2. The topological polar surface area (TPSA) is 80.3 Å². The minimum absolute atomic E-state index is 0.0874. The first-order chi connectivity index (χ1) is 10.1. The zero-order chi connectivity index (χ0) is 15.0. The van der Waals surface area contributed by atoms with Crippen LogP contribution in [-0.2, 0) is 9.59 Å². The van der Waals surface area contributed by atoms with Crippen LogP contribution < -0.4 is 15.4 Å². The normalized spacial score (nSPS) is 17.8. The molecule has 0 saturated carbocycles. The first-order valence-electron chi connectivity index (χ1n) is 6.62. The van der Waals surface area contributed by atoms with Gasteiger partial charge in [0.05, 0.1) is 28.0 Å². The van der Waals surface area contributed by atoms with Gasteiger partial charge >= 0.3 is 0 Å². The Hall–Kier alpha value is -2.15. The Bertz CT molecular complexity index is 726. The maximum Gasteiger partial charge on any atom is 0.247 e. The third-order valence-corrected chi connectivity index (χ3v) is 4.32. The molecule has 1 fully saturated rings. The number of nitrogens with one attached hydrogen (secondary N) is 2. The summed E-state index contributed by atoms with van der Waals surface area (Å²) < 4.78 is 6.30. The van der Waals surface area contributed by atoms with Crippen molar-refractivity contribution in [1.29, 1.82) is 0 Å². The fourth-order valence-corrected chi connectivity index (χ4v) is 3.22. The average Bonchev–Trinajstić information content (AvgIpc) is 3.02. The lowest BCUT2D eigenvalue weighted by Gasteiger charge is -2.13. The molecular formula is C14H15N3O3S. The quantitative estimate of drug-likeness (QED) is 0.906. The van der Waals surface area contributed by atoms with Gasteiger partial charge in [0.2, 0.25) is 11.8 Å². The largest absolute Gasteiger partial charge is 0.494 e. The summed E-state index contributed by atoms with van der Waals surface area (Å²) in [6.45, 7) is 1.93. The molecule has 1 aromatic carbocycles. The van der Waals surface area contributed by atoms with Gasteiger partial charge in [0.1, 0.15) is 11.8 Å². The number of anilines is 1. The van der Waals surface area contributed by atoms with Crippen molar-refractivity contribution in [2.75, 3.05) is 12.4 Å². The Labute approximate surface area is 125 Å². The van der Waals surface area contributed by atoms with Gasteiger partial charge in [-0.3, -0.25) is 9.59 Å². The van der Waals surface area contributed by atoms with Gasteiger partial charge in [0.15, 0.2) is 0 Å². The molecule has 1 atom stereocenters. The molecular weight excluding hydrogens is 290 g/mol. The van der Waals surface area contributed by atoms with Crippen LogP contribution in [0.2, 0.25) is 0 Å². The number of aromatic nitrogens is 1. The fraction of sp³-hybridized carbons (Fsp3) is 0.357. The number of ether oxygens (including phenoxy) is 1.